The van der Waals surface area contributed by atoms with Crippen molar-refractivity contribution in [3.8, 4) is 0 Å². The van der Waals surface area contributed by atoms with Crippen molar-refractivity contribution in [2.45, 2.75) is 25.9 Å². The van der Waals surface area contributed by atoms with Crippen LogP contribution in [-0.4, -0.2) is 31.9 Å². The highest BCUT2D eigenvalue weighted by Crippen LogP contribution is 2.40. The molecule has 3 aliphatic rings. The number of carbonyl (C=O) groups is 3. The van der Waals surface area contributed by atoms with Crippen LogP contribution in [0, 0.1) is 0 Å². The second kappa shape index (κ2) is 7.23. The fourth-order valence-electron chi connectivity index (χ4n) is 4.62. The number of Topliss-reactive ketones (excluding diaryl/α,β-unsaturated/α-hetero) is 1. The molecule has 1 aliphatic heterocycles. The van der Waals surface area contributed by atoms with Crippen molar-refractivity contribution in [1.82, 2.24) is 0 Å². The first kappa shape index (κ1) is 19.3. The van der Waals surface area contributed by atoms with E-state index in [1.54, 1.807) is 0 Å². The smallest absolute Gasteiger partial charge is 0.334 e. The van der Waals surface area contributed by atoms with E-state index in [-0.39, 0.29) is 18.6 Å². The van der Waals surface area contributed by atoms with E-state index in [4.69, 9.17) is 14.2 Å². The molecular formula is C25H20O6. The lowest BCUT2D eigenvalue weighted by Gasteiger charge is -2.23. The molecule has 0 spiro atoms. The molecule has 1 heterocycles. The Morgan fingerprint density at radius 2 is 1.35 bits per heavy atom. The molecule has 0 aromatic heterocycles. The van der Waals surface area contributed by atoms with Crippen LogP contribution < -0.4 is 0 Å². The summed E-state index contributed by atoms with van der Waals surface area (Å²) in [5.74, 6) is -0.409. The summed E-state index contributed by atoms with van der Waals surface area (Å²) in [6, 6.07) is 11.5. The van der Waals surface area contributed by atoms with Crippen molar-refractivity contribution in [3.05, 3.63) is 86.5 Å². The predicted octanol–water partition coefficient (Wildman–Crippen LogP) is 3.11. The van der Waals surface area contributed by atoms with Gasteiger partial charge in [-0.2, -0.15) is 0 Å². The van der Waals surface area contributed by atoms with Crippen molar-refractivity contribution in [1.29, 1.82) is 0 Å². The Morgan fingerprint density at radius 1 is 0.806 bits per heavy atom. The standard InChI is InChI=1S/C25H20O6/c1-29-24(27)19-9-13-7-15-11-21-22(26)17-5-3-4-6-18(17)23(21)31-12-16(15)8-14(13)10-20(19)25(28)30-2/h3-8H,9-12H2,1-2H3. The van der Waals surface area contributed by atoms with E-state index in [0.29, 0.717) is 41.1 Å². The number of allylic oxidation sites excluding steroid dienone is 1. The molecule has 2 aromatic rings. The minimum Gasteiger partial charge on any atom is -0.488 e. The van der Waals surface area contributed by atoms with Crippen molar-refractivity contribution in [3.63, 3.8) is 0 Å². The van der Waals surface area contributed by atoms with Crippen LogP contribution in [0.1, 0.15) is 38.2 Å². The molecule has 6 heteroatoms. The number of esters is 2. The van der Waals surface area contributed by atoms with Gasteiger partial charge in [0.15, 0.2) is 5.78 Å². The summed E-state index contributed by atoms with van der Waals surface area (Å²) in [7, 11) is 2.60. The first-order valence-corrected chi connectivity index (χ1v) is 10.0. The van der Waals surface area contributed by atoms with Gasteiger partial charge in [0, 0.05) is 36.0 Å². The highest BCUT2D eigenvalue weighted by molar-refractivity contribution is 6.20. The molecule has 31 heavy (non-hydrogen) atoms. The number of ether oxygens (including phenoxy) is 3. The number of hydrogen-bond acceptors (Lipinski definition) is 6. The van der Waals surface area contributed by atoms with Crippen molar-refractivity contribution >= 4 is 23.5 Å². The Morgan fingerprint density at radius 3 is 1.97 bits per heavy atom. The largest absolute Gasteiger partial charge is 0.488 e. The van der Waals surface area contributed by atoms with Gasteiger partial charge in [-0.25, -0.2) is 9.59 Å². The fraction of sp³-hybridized carbons (Fsp3) is 0.240. The van der Waals surface area contributed by atoms with Crippen molar-refractivity contribution in [2.75, 3.05) is 14.2 Å². The molecule has 2 aromatic carbocycles. The molecule has 0 saturated carbocycles. The van der Waals surface area contributed by atoms with Crippen LogP contribution in [0.4, 0.5) is 0 Å². The lowest BCUT2D eigenvalue weighted by Crippen LogP contribution is -2.22. The molecule has 0 N–H and O–H groups in total. The normalized spacial score (nSPS) is 16.5. The van der Waals surface area contributed by atoms with Crippen LogP contribution >= 0.6 is 0 Å². The summed E-state index contributed by atoms with van der Waals surface area (Å²) in [6.07, 6.45) is 1.03. The van der Waals surface area contributed by atoms with E-state index in [0.717, 1.165) is 27.8 Å². The van der Waals surface area contributed by atoms with Crippen LogP contribution in [0.15, 0.2) is 53.1 Å². The topological polar surface area (TPSA) is 78.9 Å². The van der Waals surface area contributed by atoms with E-state index in [2.05, 4.69) is 0 Å². The number of fused-ring (bicyclic) bond motifs is 4. The third-order valence-corrected chi connectivity index (χ3v) is 6.19. The van der Waals surface area contributed by atoms with Gasteiger partial charge in [0.05, 0.1) is 25.4 Å². The van der Waals surface area contributed by atoms with Crippen LogP contribution in [0.3, 0.4) is 0 Å². The SMILES string of the molecule is COC(=O)C1=C(C(=O)OC)Cc2cc3c(cc2C1)COC1=C(C3)C(=O)c2ccccc21. The van der Waals surface area contributed by atoms with Crippen LogP contribution in [0.2, 0.25) is 0 Å². The molecule has 0 saturated heterocycles. The van der Waals surface area contributed by atoms with Gasteiger partial charge in [0.2, 0.25) is 0 Å². The van der Waals surface area contributed by atoms with Crippen LogP contribution in [0.5, 0.6) is 0 Å². The zero-order valence-corrected chi connectivity index (χ0v) is 17.2. The molecule has 0 amide bonds. The van der Waals surface area contributed by atoms with Gasteiger partial charge in [-0.1, -0.05) is 36.4 Å². The van der Waals surface area contributed by atoms with Crippen molar-refractivity contribution < 1.29 is 28.6 Å². The molecule has 156 valence electrons. The second-order valence-electron chi connectivity index (χ2n) is 7.83. The zero-order valence-electron chi connectivity index (χ0n) is 17.2. The molecule has 0 bridgehead atoms. The lowest BCUT2D eigenvalue weighted by molar-refractivity contribution is -0.139. The molecule has 0 fully saturated rings. The van der Waals surface area contributed by atoms with Gasteiger partial charge < -0.3 is 14.2 Å². The molecule has 0 unspecified atom stereocenters. The van der Waals surface area contributed by atoms with Crippen LogP contribution in [0.25, 0.3) is 5.76 Å². The second-order valence-corrected chi connectivity index (χ2v) is 7.83. The van der Waals surface area contributed by atoms with E-state index in [9.17, 15) is 14.4 Å². The van der Waals surface area contributed by atoms with Gasteiger partial charge in [-0.15, -0.1) is 0 Å². The monoisotopic (exact) mass is 416 g/mol. The number of hydrogen-bond donors (Lipinski definition) is 0. The van der Waals surface area contributed by atoms with Crippen LogP contribution in [-0.2, 0) is 49.7 Å². The number of rotatable bonds is 2. The average Bonchev–Trinajstić information content (AvgIpc) is 2.94. The van der Waals surface area contributed by atoms with Gasteiger partial charge in [0.1, 0.15) is 12.4 Å². The summed E-state index contributed by atoms with van der Waals surface area (Å²) in [6.45, 7) is 0.337. The zero-order chi connectivity index (χ0) is 21.7. The highest BCUT2D eigenvalue weighted by Gasteiger charge is 2.34. The Labute approximate surface area is 179 Å². The lowest BCUT2D eigenvalue weighted by atomic mass is 9.82. The maximum absolute atomic E-state index is 13.0. The Kier molecular flexibility index (Phi) is 4.50. The van der Waals surface area contributed by atoms with Gasteiger partial charge in [-0.05, 0) is 22.3 Å². The van der Waals surface area contributed by atoms with Gasteiger partial charge >= 0.3 is 11.9 Å². The predicted molar refractivity (Wildman–Crippen MR) is 111 cm³/mol. The summed E-state index contributed by atoms with van der Waals surface area (Å²) in [5, 5.41) is 0. The van der Waals surface area contributed by atoms with Gasteiger partial charge in [0.25, 0.3) is 0 Å². The first-order chi connectivity index (χ1) is 15.0. The van der Waals surface area contributed by atoms with E-state index < -0.39 is 11.9 Å². The molecule has 6 nitrogen and oxygen atoms in total. The molecule has 0 atom stereocenters. The number of ketones is 1. The number of methoxy groups -OCH3 is 2. The Hall–Kier alpha value is -3.67. The van der Waals surface area contributed by atoms with Gasteiger partial charge in [-0.3, -0.25) is 4.79 Å². The fourth-order valence-corrected chi connectivity index (χ4v) is 4.62. The third-order valence-electron chi connectivity index (χ3n) is 6.19. The first-order valence-electron chi connectivity index (χ1n) is 10.0. The highest BCUT2D eigenvalue weighted by atomic mass is 16.5. The minimum absolute atomic E-state index is 0.000654. The summed E-state index contributed by atoms with van der Waals surface area (Å²) >= 11 is 0. The summed E-state index contributed by atoms with van der Waals surface area (Å²) in [5.41, 5.74) is 6.67. The number of carbonyl (C=O) groups excluding carboxylic acids is 3. The third kappa shape index (κ3) is 2.98. The summed E-state index contributed by atoms with van der Waals surface area (Å²) < 4.78 is 15.9. The Balaban J connectivity index is 1.54. The molecular weight excluding hydrogens is 396 g/mol. The maximum atomic E-state index is 13.0. The van der Waals surface area contributed by atoms with E-state index >= 15 is 0 Å². The Bertz CT molecular complexity index is 1230. The quantitative estimate of drug-likeness (QED) is 0.700. The van der Waals surface area contributed by atoms with E-state index in [1.807, 2.05) is 36.4 Å². The van der Waals surface area contributed by atoms with E-state index in [1.165, 1.54) is 14.2 Å². The molecule has 2 aliphatic carbocycles. The summed E-state index contributed by atoms with van der Waals surface area (Å²) in [4.78, 5) is 37.5. The maximum Gasteiger partial charge on any atom is 0.334 e. The van der Waals surface area contributed by atoms with Crippen molar-refractivity contribution in [2.24, 2.45) is 0 Å². The average molecular weight is 416 g/mol. The number of benzene rings is 2. The minimum atomic E-state index is -0.532. The molecule has 5 rings (SSSR count). The molecule has 0 radical (unpaired) electrons.